The number of pyridine rings is 1. The van der Waals surface area contributed by atoms with Crippen molar-refractivity contribution in [3.8, 4) is 11.9 Å². The Labute approximate surface area is 218 Å². The molecule has 36 heavy (non-hydrogen) atoms. The van der Waals surface area contributed by atoms with Crippen molar-refractivity contribution in [2.45, 2.75) is 58.3 Å². The lowest BCUT2D eigenvalue weighted by Gasteiger charge is -2.44. The molecule has 190 valence electrons. The molecule has 0 aliphatic carbocycles. The second-order valence-corrected chi connectivity index (χ2v) is 8.37. The SMILES string of the molecule is [2H]C([2H])([2H])C(OC(=O)N1C[C@@H](C)N(c2ncnc3c2c(C(F)(F)F)cn3-c2cc(C#N)ccn2)C[C@@H]1C)(C([2H])([2H])[2H])C([2H])([2H])[2H]. The molecule has 9 nitrogen and oxygen atoms in total. The summed E-state index contributed by atoms with van der Waals surface area (Å²) in [7, 11) is 0. The van der Waals surface area contributed by atoms with Crippen LogP contribution in [0.15, 0.2) is 30.9 Å². The fourth-order valence-electron chi connectivity index (χ4n) is 4.14. The van der Waals surface area contributed by atoms with E-state index in [-0.39, 0.29) is 35.9 Å². The summed E-state index contributed by atoms with van der Waals surface area (Å²) in [5.41, 5.74) is -4.98. The number of rotatable bonds is 2. The zero-order valence-corrected chi connectivity index (χ0v) is 19.0. The largest absolute Gasteiger partial charge is 0.444 e. The monoisotopic (exact) mass is 510 g/mol. The van der Waals surface area contributed by atoms with Crippen molar-refractivity contribution in [1.82, 2.24) is 24.4 Å². The molecule has 4 heterocycles. The average Bonchev–Trinajstić information content (AvgIpc) is 3.31. The molecule has 0 aromatic carbocycles. The zero-order valence-electron chi connectivity index (χ0n) is 28.0. The van der Waals surface area contributed by atoms with E-state index in [1.807, 2.05) is 6.07 Å². The number of fused-ring (bicyclic) bond motifs is 1. The normalized spacial score (nSPS) is 23.6. The Morgan fingerprint density at radius 2 is 1.94 bits per heavy atom. The molecule has 0 saturated carbocycles. The number of hydrogen-bond donors (Lipinski definition) is 0. The van der Waals surface area contributed by atoms with E-state index in [1.165, 1.54) is 37.1 Å². The van der Waals surface area contributed by atoms with Gasteiger partial charge in [-0.1, -0.05) is 0 Å². The summed E-state index contributed by atoms with van der Waals surface area (Å²) in [4.78, 5) is 27.9. The van der Waals surface area contributed by atoms with Crippen molar-refractivity contribution < 1.29 is 35.0 Å². The molecule has 4 rings (SSSR count). The quantitative estimate of drug-likeness (QED) is 0.499. The Bertz CT molecular complexity index is 1610. The molecule has 0 spiro atoms. The van der Waals surface area contributed by atoms with Crippen LogP contribution in [0.4, 0.5) is 23.8 Å². The Balaban J connectivity index is 1.75. The van der Waals surface area contributed by atoms with Gasteiger partial charge in [0.1, 0.15) is 23.6 Å². The Morgan fingerprint density at radius 1 is 1.19 bits per heavy atom. The van der Waals surface area contributed by atoms with Gasteiger partial charge in [0, 0.05) is 49.9 Å². The standard InChI is InChI=1S/C24H26F3N7O2/c1-14-11-33(22(35)36-23(3,4)5)15(2)10-32(14)20-19-17(24(25,26)27)12-34(21(19)31-13-30-20)18-8-16(9-28)6-7-29-18/h6-8,12-15H,10-11H2,1-5H3/t14-,15+/m1/s1/i3D3,4D3,5D3. The molecule has 3 aromatic heterocycles. The summed E-state index contributed by atoms with van der Waals surface area (Å²) >= 11 is 0. The van der Waals surface area contributed by atoms with E-state index >= 15 is 0 Å². The van der Waals surface area contributed by atoms with Crippen LogP contribution in [0.1, 0.15) is 57.9 Å². The highest BCUT2D eigenvalue weighted by Gasteiger charge is 2.40. The minimum absolute atomic E-state index is 0.00515. The van der Waals surface area contributed by atoms with Crippen molar-refractivity contribution in [3.63, 3.8) is 0 Å². The van der Waals surface area contributed by atoms with Crippen LogP contribution in [0, 0.1) is 11.3 Å². The van der Waals surface area contributed by atoms with Gasteiger partial charge >= 0.3 is 12.3 Å². The van der Waals surface area contributed by atoms with Crippen LogP contribution in [0.3, 0.4) is 0 Å². The van der Waals surface area contributed by atoms with Crippen LogP contribution in [-0.2, 0) is 10.9 Å². The number of hydrogen-bond acceptors (Lipinski definition) is 7. The number of amides is 1. The molecule has 1 aliphatic rings. The number of aromatic nitrogens is 4. The summed E-state index contributed by atoms with van der Waals surface area (Å²) in [5.74, 6) is -0.161. The number of ether oxygens (including phenoxy) is 1. The molecule has 1 amide bonds. The number of anilines is 1. The fraction of sp³-hybridized carbons (Fsp3) is 0.458. The maximum absolute atomic E-state index is 14.4. The van der Waals surface area contributed by atoms with Gasteiger partial charge in [-0.25, -0.2) is 19.7 Å². The Hall–Kier alpha value is -3.88. The number of carbonyl (C=O) groups is 1. The Kier molecular flexibility index (Phi) is 3.98. The lowest BCUT2D eigenvalue weighted by Crippen LogP contribution is -2.59. The van der Waals surface area contributed by atoms with Gasteiger partial charge in [0.25, 0.3) is 0 Å². The van der Waals surface area contributed by atoms with E-state index in [4.69, 9.17) is 17.1 Å². The van der Waals surface area contributed by atoms with Crippen LogP contribution < -0.4 is 4.90 Å². The van der Waals surface area contributed by atoms with Gasteiger partial charge in [0.05, 0.1) is 22.6 Å². The van der Waals surface area contributed by atoms with Gasteiger partial charge in [0.2, 0.25) is 0 Å². The first-order valence-corrected chi connectivity index (χ1v) is 10.6. The van der Waals surface area contributed by atoms with Crippen molar-refractivity contribution in [2.75, 3.05) is 18.0 Å². The molecule has 3 aromatic rings. The van der Waals surface area contributed by atoms with Crippen LogP contribution in [0.5, 0.6) is 0 Å². The van der Waals surface area contributed by atoms with E-state index in [1.54, 1.807) is 0 Å². The Morgan fingerprint density at radius 3 is 2.61 bits per heavy atom. The zero-order chi connectivity index (χ0) is 33.9. The summed E-state index contributed by atoms with van der Waals surface area (Å²) in [6.07, 6.45) is -3.32. The molecular formula is C24H26F3N7O2. The third kappa shape index (κ3) is 4.78. The minimum Gasteiger partial charge on any atom is -0.444 e. The van der Waals surface area contributed by atoms with E-state index in [2.05, 4.69) is 15.0 Å². The molecule has 0 bridgehead atoms. The predicted molar refractivity (Wildman–Crippen MR) is 126 cm³/mol. The molecule has 1 fully saturated rings. The van der Waals surface area contributed by atoms with Gasteiger partial charge in [-0.05, 0) is 46.5 Å². The van der Waals surface area contributed by atoms with Gasteiger partial charge < -0.3 is 14.5 Å². The molecule has 12 heteroatoms. The first kappa shape index (κ1) is 16.0. The number of alkyl halides is 3. The summed E-state index contributed by atoms with van der Waals surface area (Å²) in [6.45, 7) is -8.94. The second kappa shape index (κ2) is 8.96. The summed E-state index contributed by atoms with van der Waals surface area (Å²) in [6, 6.07) is 2.79. The summed E-state index contributed by atoms with van der Waals surface area (Å²) in [5, 5.41) is 8.85. The minimum atomic E-state index is -4.88. The van der Waals surface area contributed by atoms with E-state index < -0.39 is 61.5 Å². The average molecular weight is 511 g/mol. The predicted octanol–water partition coefficient (Wildman–Crippen LogP) is 4.54. The topological polar surface area (TPSA) is 100 Å². The lowest BCUT2D eigenvalue weighted by molar-refractivity contribution is -0.136. The maximum Gasteiger partial charge on any atom is 0.418 e. The molecule has 0 unspecified atom stereocenters. The van der Waals surface area contributed by atoms with Crippen LogP contribution >= 0.6 is 0 Å². The van der Waals surface area contributed by atoms with Gasteiger partial charge in [0.15, 0.2) is 5.65 Å². The maximum atomic E-state index is 14.4. The molecule has 1 aliphatic heterocycles. The molecule has 2 atom stereocenters. The second-order valence-electron chi connectivity index (χ2n) is 8.37. The van der Waals surface area contributed by atoms with Crippen molar-refractivity contribution in [3.05, 3.63) is 42.0 Å². The van der Waals surface area contributed by atoms with Gasteiger partial charge in [-0.2, -0.15) is 18.4 Å². The van der Waals surface area contributed by atoms with Gasteiger partial charge in [-0.3, -0.25) is 4.57 Å². The van der Waals surface area contributed by atoms with E-state index in [9.17, 15) is 23.2 Å². The molecular weight excluding hydrogens is 475 g/mol. The van der Waals surface area contributed by atoms with Crippen LogP contribution in [-0.4, -0.2) is 61.3 Å². The van der Waals surface area contributed by atoms with Crippen molar-refractivity contribution in [2.24, 2.45) is 0 Å². The van der Waals surface area contributed by atoms with E-state index in [0.29, 0.717) is 0 Å². The highest BCUT2D eigenvalue weighted by Crippen LogP contribution is 2.41. The number of carbonyl (C=O) groups excluding carboxylic acids is 1. The van der Waals surface area contributed by atoms with Crippen LogP contribution in [0.25, 0.3) is 16.9 Å². The molecule has 1 saturated heterocycles. The first-order valence-electron chi connectivity index (χ1n) is 15.1. The van der Waals surface area contributed by atoms with Gasteiger partial charge in [-0.15, -0.1) is 0 Å². The lowest BCUT2D eigenvalue weighted by atomic mass is 10.1. The third-order valence-corrected chi connectivity index (χ3v) is 5.72. The number of nitrogens with zero attached hydrogens (tertiary/aromatic N) is 7. The first-order chi connectivity index (χ1) is 20.5. The van der Waals surface area contributed by atoms with E-state index in [0.717, 1.165) is 22.0 Å². The molecule has 0 N–H and O–H groups in total. The van der Waals surface area contributed by atoms with Crippen LogP contribution in [0.2, 0.25) is 0 Å². The number of halogens is 3. The fourth-order valence-corrected chi connectivity index (χ4v) is 4.14. The van der Waals surface area contributed by atoms with Crippen molar-refractivity contribution in [1.29, 1.82) is 5.26 Å². The van der Waals surface area contributed by atoms with Crippen molar-refractivity contribution >= 4 is 22.9 Å². The third-order valence-electron chi connectivity index (χ3n) is 5.72. The summed E-state index contributed by atoms with van der Waals surface area (Å²) < 4.78 is 118. The number of piperazine rings is 1. The smallest absolute Gasteiger partial charge is 0.418 e. The highest BCUT2D eigenvalue weighted by atomic mass is 19.4. The highest BCUT2D eigenvalue weighted by molar-refractivity contribution is 5.93. The number of nitriles is 1. The molecule has 0 radical (unpaired) electrons.